The van der Waals surface area contributed by atoms with Crippen LogP contribution in [0.1, 0.15) is 16.8 Å². The Balaban J connectivity index is 1.58. The van der Waals surface area contributed by atoms with E-state index in [2.05, 4.69) is 10.3 Å². The Kier molecular flexibility index (Phi) is 5.26. The number of carbonyl (C=O) groups excluding carboxylic acids is 1. The Labute approximate surface area is 175 Å². The van der Waals surface area contributed by atoms with Crippen molar-refractivity contribution in [3.8, 4) is 11.1 Å². The molecule has 1 aliphatic rings. The number of rotatable bonds is 4. The van der Waals surface area contributed by atoms with Gasteiger partial charge in [-0.3, -0.25) is 9.78 Å². The number of ether oxygens (including phenoxy) is 1. The third-order valence-corrected chi connectivity index (χ3v) is 5.38. The maximum atomic E-state index is 13.1. The lowest BCUT2D eigenvalue weighted by Gasteiger charge is -2.40. The largest absolute Gasteiger partial charge is 0.433 e. The molecule has 1 N–H and O–H groups in total. The number of amides is 1. The summed E-state index contributed by atoms with van der Waals surface area (Å²) >= 11 is 0. The highest BCUT2D eigenvalue weighted by molar-refractivity contribution is 6.00. The van der Waals surface area contributed by atoms with Crippen LogP contribution >= 0.6 is 0 Å². The first-order chi connectivity index (χ1) is 14.7. The third-order valence-electron chi connectivity index (χ3n) is 5.38. The van der Waals surface area contributed by atoms with E-state index in [0.29, 0.717) is 22.4 Å². The van der Waals surface area contributed by atoms with E-state index in [1.807, 2.05) is 0 Å². The van der Waals surface area contributed by atoms with Gasteiger partial charge >= 0.3 is 6.18 Å². The van der Waals surface area contributed by atoms with Crippen molar-refractivity contribution in [3.63, 3.8) is 0 Å². The van der Waals surface area contributed by atoms with Crippen LogP contribution in [0.3, 0.4) is 0 Å². The number of aryl methyl sites for hydroxylation is 1. The Hall–Kier alpha value is -3.26. The topological polar surface area (TPSA) is 51.2 Å². The summed E-state index contributed by atoms with van der Waals surface area (Å²) < 4.78 is 57.0. The number of aromatic nitrogens is 1. The lowest BCUT2D eigenvalue weighted by Crippen LogP contribution is -2.55. The number of halogens is 4. The first-order valence-electron chi connectivity index (χ1n) is 9.49. The van der Waals surface area contributed by atoms with Gasteiger partial charge in [0.25, 0.3) is 0 Å². The molecular formula is C23H18F4N2O2. The second-order valence-electron chi connectivity index (χ2n) is 7.50. The van der Waals surface area contributed by atoms with Crippen LogP contribution < -0.4 is 5.32 Å². The number of pyridine rings is 1. The van der Waals surface area contributed by atoms with E-state index in [9.17, 15) is 22.4 Å². The Morgan fingerprint density at radius 1 is 1.06 bits per heavy atom. The normalized spacial score (nSPS) is 15.3. The summed E-state index contributed by atoms with van der Waals surface area (Å²) in [5, 5.41) is 2.78. The Morgan fingerprint density at radius 2 is 1.71 bits per heavy atom. The zero-order valence-corrected chi connectivity index (χ0v) is 16.5. The van der Waals surface area contributed by atoms with Gasteiger partial charge in [0.15, 0.2) is 0 Å². The van der Waals surface area contributed by atoms with Crippen LogP contribution in [0.15, 0.2) is 60.8 Å². The minimum Gasteiger partial charge on any atom is -0.378 e. The van der Waals surface area contributed by atoms with Gasteiger partial charge in [0.2, 0.25) is 5.91 Å². The number of carbonyl (C=O) groups is 1. The summed E-state index contributed by atoms with van der Waals surface area (Å²) in [7, 11) is 0. The summed E-state index contributed by atoms with van der Waals surface area (Å²) in [6, 6.07) is 13.5. The second-order valence-corrected chi connectivity index (χ2v) is 7.50. The van der Waals surface area contributed by atoms with Crippen molar-refractivity contribution >= 4 is 11.6 Å². The number of hydrogen-bond donors (Lipinski definition) is 1. The fraction of sp³-hybridized carbons (Fsp3) is 0.217. The molecule has 4 rings (SSSR count). The van der Waals surface area contributed by atoms with E-state index >= 15 is 0 Å². The van der Waals surface area contributed by atoms with Crippen molar-refractivity contribution in [3.05, 3.63) is 83.4 Å². The predicted molar refractivity (Wildman–Crippen MR) is 107 cm³/mol. The molecular weight excluding hydrogens is 412 g/mol. The van der Waals surface area contributed by atoms with Gasteiger partial charge in [-0.2, -0.15) is 13.2 Å². The lowest BCUT2D eigenvalue weighted by atomic mass is 9.77. The van der Waals surface area contributed by atoms with Crippen LogP contribution in [0, 0.1) is 12.7 Å². The number of alkyl halides is 3. The first kappa shape index (κ1) is 21.0. The van der Waals surface area contributed by atoms with E-state index in [1.54, 1.807) is 31.2 Å². The van der Waals surface area contributed by atoms with Crippen LogP contribution in [-0.2, 0) is 21.1 Å². The van der Waals surface area contributed by atoms with Gasteiger partial charge in [-0.1, -0.05) is 24.3 Å². The molecule has 0 unspecified atom stereocenters. The highest BCUT2D eigenvalue weighted by Crippen LogP contribution is 2.36. The van der Waals surface area contributed by atoms with Gasteiger partial charge in [-0.25, -0.2) is 4.39 Å². The highest BCUT2D eigenvalue weighted by Gasteiger charge is 2.47. The standard InChI is InChI=1S/C23H18F4N2O2/c1-14-10-20(23(25,26)27)28-11-19(14)15-2-4-16(5-3-15)22(12-31-13-22)21(30)29-18-8-6-17(24)7-9-18/h2-11H,12-13H2,1H3,(H,29,30). The molecule has 2 heterocycles. The van der Waals surface area contributed by atoms with Crippen LogP contribution in [0.2, 0.25) is 0 Å². The molecule has 1 aliphatic heterocycles. The van der Waals surface area contributed by atoms with Gasteiger partial charge in [0.1, 0.15) is 16.9 Å². The van der Waals surface area contributed by atoms with Crippen LogP contribution in [0.4, 0.5) is 23.2 Å². The smallest absolute Gasteiger partial charge is 0.378 e. The van der Waals surface area contributed by atoms with E-state index in [0.717, 1.165) is 11.6 Å². The van der Waals surface area contributed by atoms with Crippen LogP contribution in [-0.4, -0.2) is 24.1 Å². The van der Waals surface area contributed by atoms with Crippen molar-refractivity contribution in [2.45, 2.75) is 18.5 Å². The fourth-order valence-electron chi connectivity index (χ4n) is 3.50. The Morgan fingerprint density at radius 3 is 2.23 bits per heavy atom. The number of hydrogen-bond acceptors (Lipinski definition) is 3. The quantitative estimate of drug-likeness (QED) is 0.585. The molecule has 2 aromatic carbocycles. The second kappa shape index (κ2) is 7.77. The van der Waals surface area contributed by atoms with Gasteiger partial charge in [-0.15, -0.1) is 0 Å². The molecule has 0 atom stereocenters. The summed E-state index contributed by atoms with van der Waals surface area (Å²) in [6.45, 7) is 1.98. The number of anilines is 1. The molecule has 0 radical (unpaired) electrons. The molecule has 0 bridgehead atoms. The average Bonchev–Trinajstić information content (AvgIpc) is 2.69. The van der Waals surface area contributed by atoms with E-state index in [-0.39, 0.29) is 19.1 Å². The number of nitrogens with zero attached hydrogens (tertiary/aromatic N) is 1. The lowest BCUT2D eigenvalue weighted by molar-refractivity contribution is -0.141. The molecule has 8 heteroatoms. The molecule has 1 amide bonds. The maximum absolute atomic E-state index is 13.1. The van der Waals surface area contributed by atoms with Crippen molar-refractivity contribution in [1.29, 1.82) is 0 Å². The van der Waals surface area contributed by atoms with Crippen molar-refractivity contribution in [2.24, 2.45) is 0 Å². The summed E-state index contributed by atoms with van der Waals surface area (Å²) in [5.74, 6) is -0.672. The molecule has 31 heavy (non-hydrogen) atoms. The van der Waals surface area contributed by atoms with E-state index < -0.39 is 23.1 Å². The van der Waals surface area contributed by atoms with Crippen LogP contribution in [0.25, 0.3) is 11.1 Å². The van der Waals surface area contributed by atoms with Gasteiger partial charge in [0.05, 0.1) is 13.2 Å². The van der Waals surface area contributed by atoms with Crippen molar-refractivity contribution in [1.82, 2.24) is 4.98 Å². The number of benzene rings is 2. The van der Waals surface area contributed by atoms with Crippen molar-refractivity contribution < 1.29 is 27.1 Å². The summed E-state index contributed by atoms with van der Waals surface area (Å²) in [5.41, 5.74) is 1.09. The van der Waals surface area contributed by atoms with E-state index in [4.69, 9.17) is 4.74 Å². The maximum Gasteiger partial charge on any atom is 0.433 e. The highest BCUT2D eigenvalue weighted by atomic mass is 19.4. The summed E-state index contributed by atoms with van der Waals surface area (Å²) in [6.07, 6.45) is -3.29. The minimum atomic E-state index is -4.50. The predicted octanol–water partition coefficient (Wildman–Crippen LogP) is 5.12. The minimum absolute atomic E-state index is 0.195. The zero-order chi connectivity index (χ0) is 22.2. The zero-order valence-electron chi connectivity index (χ0n) is 16.5. The molecule has 4 nitrogen and oxygen atoms in total. The molecule has 1 aromatic heterocycles. The van der Waals surface area contributed by atoms with Crippen LogP contribution in [0.5, 0.6) is 0 Å². The van der Waals surface area contributed by atoms with Gasteiger partial charge in [0, 0.05) is 17.4 Å². The monoisotopic (exact) mass is 430 g/mol. The summed E-state index contributed by atoms with van der Waals surface area (Å²) in [4.78, 5) is 16.5. The molecule has 1 fully saturated rings. The molecule has 0 saturated carbocycles. The van der Waals surface area contributed by atoms with Gasteiger partial charge in [-0.05, 0) is 53.9 Å². The fourth-order valence-corrected chi connectivity index (χ4v) is 3.50. The first-order valence-corrected chi connectivity index (χ1v) is 9.49. The molecule has 3 aromatic rings. The Bertz CT molecular complexity index is 1110. The van der Waals surface area contributed by atoms with Crippen molar-refractivity contribution in [2.75, 3.05) is 18.5 Å². The molecule has 160 valence electrons. The molecule has 0 spiro atoms. The van der Waals surface area contributed by atoms with Gasteiger partial charge < -0.3 is 10.1 Å². The average molecular weight is 430 g/mol. The molecule has 1 saturated heterocycles. The molecule has 0 aliphatic carbocycles. The number of nitrogens with one attached hydrogen (secondary N) is 1. The third kappa shape index (κ3) is 4.03. The van der Waals surface area contributed by atoms with E-state index in [1.165, 1.54) is 30.5 Å². The SMILES string of the molecule is Cc1cc(C(F)(F)F)ncc1-c1ccc(C2(C(=O)Nc3ccc(F)cc3)COC2)cc1.